The second kappa shape index (κ2) is 12.6. The van der Waals surface area contributed by atoms with Crippen molar-refractivity contribution in [1.82, 2.24) is 15.0 Å². The molecule has 0 radical (unpaired) electrons. The summed E-state index contributed by atoms with van der Waals surface area (Å²) >= 11 is 0. The van der Waals surface area contributed by atoms with Crippen LogP contribution >= 0.6 is 0 Å². The number of fused-ring (bicyclic) bond motifs is 1. The van der Waals surface area contributed by atoms with Crippen molar-refractivity contribution in [2.75, 3.05) is 0 Å². The zero-order chi connectivity index (χ0) is 32.3. The molecule has 0 amide bonds. The molecule has 4 heteroatoms. The molecule has 8 rings (SSSR count). The van der Waals surface area contributed by atoms with Crippen molar-refractivity contribution in [2.45, 2.75) is 0 Å². The van der Waals surface area contributed by atoms with Crippen molar-refractivity contribution in [3.63, 3.8) is 0 Å². The first-order valence-corrected chi connectivity index (χ1v) is 15.8. The first-order chi connectivity index (χ1) is 23.7. The van der Waals surface area contributed by atoms with E-state index in [0.29, 0.717) is 23.0 Å². The van der Waals surface area contributed by atoms with E-state index in [2.05, 4.69) is 91.0 Å². The molecule has 0 atom stereocenters. The molecule has 48 heavy (non-hydrogen) atoms. The molecule has 7 aromatic carbocycles. The minimum absolute atomic E-state index is 0.634. The highest BCUT2D eigenvalue weighted by Gasteiger charge is 2.14. The summed E-state index contributed by atoms with van der Waals surface area (Å²) in [6.45, 7) is 0. The maximum Gasteiger partial charge on any atom is 0.164 e. The van der Waals surface area contributed by atoms with Crippen molar-refractivity contribution in [3.05, 3.63) is 175 Å². The maximum atomic E-state index is 9.16. The number of hydrogen-bond acceptors (Lipinski definition) is 4. The third-order valence-corrected chi connectivity index (χ3v) is 8.60. The second-order valence-electron chi connectivity index (χ2n) is 11.6. The fourth-order valence-corrected chi connectivity index (χ4v) is 6.14. The molecule has 8 aromatic rings. The van der Waals surface area contributed by atoms with Gasteiger partial charge in [-0.2, -0.15) is 5.26 Å². The average molecular weight is 613 g/mol. The van der Waals surface area contributed by atoms with Gasteiger partial charge in [0.25, 0.3) is 0 Å². The maximum absolute atomic E-state index is 9.16. The highest BCUT2D eigenvalue weighted by atomic mass is 15.0. The molecular formula is C44H28N4. The molecular weight excluding hydrogens is 585 g/mol. The van der Waals surface area contributed by atoms with E-state index in [1.54, 1.807) is 0 Å². The lowest BCUT2D eigenvalue weighted by atomic mass is 9.90. The first kappa shape index (κ1) is 28.8. The zero-order valence-corrected chi connectivity index (χ0v) is 26.0. The molecule has 1 heterocycles. The van der Waals surface area contributed by atoms with E-state index in [1.165, 1.54) is 16.3 Å². The molecule has 1 aromatic heterocycles. The summed E-state index contributed by atoms with van der Waals surface area (Å²) < 4.78 is 0. The van der Waals surface area contributed by atoms with Crippen LogP contribution in [-0.4, -0.2) is 15.0 Å². The quantitative estimate of drug-likeness (QED) is 0.187. The van der Waals surface area contributed by atoms with Crippen LogP contribution in [0.5, 0.6) is 0 Å². The van der Waals surface area contributed by atoms with Crippen LogP contribution in [0.2, 0.25) is 0 Å². The molecule has 0 fully saturated rings. The minimum atomic E-state index is 0.634. The second-order valence-corrected chi connectivity index (χ2v) is 11.6. The fraction of sp³-hybridized carbons (Fsp3) is 0. The Hall–Kier alpha value is -6.70. The van der Waals surface area contributed by atoms with E-state index in [9.17, 15) is 0 Å². The Morgan fingerprint density at radius 3 is 1.15 bits per heavy atom. The minimum Gasteiger partial charge on any atom is -0.208 e. The molecule has 0 N–H and O–H groups in total. The van der Waals surface area contributed by atoms with Gasteiger partial charge in [-0.15, -0.1) is 0 Å². The van der Waals surface area contributed by atoms with Gasteiger partial charge < -0.3 is 0 Å². The molecule has 0 bridgehead atoms. The lowest BCUT2D eigenvalue weighted by Crippen LogP contribution is -2.00. The Morgan fingerprint density at radius 2 is 0.708 bits per heavy atom. The third kappa shape index (κ3) is 5.62. The molecule has 4 nitrogen and oxygen atoms in total. The lowest BCUT2D eigenvalue weighted by molar-refractivity contribution is 1.07. The highest BCUT2D eigenvalue weighted by molar-refractivity contribution is 6.06. The molecule has 0 aliphatic carbocycles. The number of rotatable bonds is 6. The topological polar surface area (TPSA) is 62.5 Å². The summed E-state index contributed by atoms with van der Waals surface area (Å²) in [5, 5.41) is 11.5. The largest absolute Gasteiger partial charge is 0.208 e. The van der Waals surface area contributed by atoms with Gasteiger partial charge in [-0.1, -0.05) is 158 Å². The smallest absolute Gasteiger partial charge is 0.164 e. The van der Waals surface area contributed by atoms with Crippen LogP contribution in [0.4, 0.5) is 0 Å². The molecule has 0 aliphatic rings. The Morgan fingerprint density at radius 1 is 0.333 bits per heavy atom. The van der Waals surface area contributed by atoms with Gasteiger partial charge in [-0.05, 0) is 56.3 Å². The molecule has 0 saturated heterocycles. The van der Waals surface area contributed by atoms with Crippen LogP contribution in [-0.2, 0) is 0 Å². The standard InChI is InChI=1S/C44H28N4/c45-29-30-17-19-31(20-18-30)32-21-23-33(24-22-32)39-15-7-13-35-14-8-16-40(41(35)39)34-25-27-38(28-26-34)44-47-42(36-9-3-1-4-10-36)46-43(48-44)37-11-5-2-6-12-37/h1-28H. The normalized spacial score (nSPS) is 10.9. The number of benzene rings is 7. The van der Waals surface area contributed by atoms with E-state index in [0.717, 1.165) is 44.5 Å². The van der Waals surface area contributed by atoms with Crippen molar-refractivity contribution < 1.29 is 0 Å². The average Bonchev–Trinajstić information content (AvgIpc) is 3.18. The molecule has 0 unspecified atom stereocenters. The molecule has 0 saturated carbocycles. The SMILES string of the molecule is N#Cc1ccc(-c2ccc(-c3cccc4cccc(-c5ccc(-c6nc(-c7ccccc7)nc(-c7ccccc7)n6)cc5)c34)cc2)cc1. The zero-order valence-electron chi connectivity index (χ0n) is 26.0. The van der Waals surface area contributed by atoms with Gasteiger partial charge in [0.2, 0.25) is 0 Å². The number of nitriles is 1. The van der Waals surface area contributed by atoms with Gasteiger partial charge in [-0.25, -0.2) is 15.0 Å². The van der Waals surface area contributed by atoms with Crippen LogP contribution in [0.15, 0.2) is 170 Å². The van der Waals surface area contributed by atoms with Crippen LogP contribution in [0, 0.1) is 11.3 Å². The lowest BCUT2D eigenvalue weighted by Gasteiger charge is -2.14. The van der Waals surface area contributed by atoms with Crippen molar-refractivity contribution >= 4 is 10.8 Å². The van der Waals surface area contributed by atoms with E-state index in [-0.39, 0.29) is 0 Å². The van der Waals surface area contributed by atoms with Crippen molar-refractivity contribution in [2.24, 2.45) is 0 Å². The summed E-state index contributed by atoms with van der Waals surface area (Å²) in [4.78, 5) is 14.6. The van der Waals surface area contributed by atoms with E-state index >= 15 is 0 Å². The van der Waals surface area contributed by atoms with Crippen molar-refractivity contribution in [1.29, 1.82) is 5.26 Å². The number of aromatic nitrogens is 3. The Kier molecular flexibility index (Phi) is 7.54. The van der Waals surface area contributed by atoms with Crippen LogP contribution < -0.4 is 0 Å². The number of hydrogen-bond donors (Lipinski definition) is 0. The summed E-state index contributed by atoms with van der Waals surface area (Å²) in [6.07, 6.45) is 0. The molecule has 224 valence electrons. The Labute approximate surface area is 279 Å². The van der Waals surface area contributed by atoms with Crippen LogP contribution in [0.25, 0.3) is 78.3 Å². The first-order valence-electron chi connectivity index (χ1n) is 15.8. The summed E-state index contributed by atoms with van der Waals surface area (Å²) in [5.74, 6) is 1.93. The van der Waals surface area contributed by atoms with Crippen LogP contribution in [0.1, 0.15) is 5.56 Å². The van der Waals surface area contributed by atoms with E-state index in [4.69, 9.17) is 20.2 Å². The van der Waals surface area contributed by atoms with Crippen molar-refractivity contribution in [3.8, 4) is 73.6 Å². The Bertz CT molecular complexity index is 2350. The molecule has 0 spiro atoms. The summed E-state index contributed by atoms with van der Waals surface area (Å²) in [6, 6.07) is 60.1. The third-order valence-electron chi connectivity index (χ3n) is 8.60. The van der Waals surface area contributed by atoms with Crippen LogP contribution in [0.3, 0.4) is 0 Å². The molecule has 0 aliphatic heterocycles. The van der Waals surface area contributed by atoms with E-state index < -0.39 is 0 Å². The summed E-state index contributed by atoms with van der Waals surface area (Å²) in [5.41, 5.74) is 10.3. The predicted octanol–water partition coefficient (Wildman–Crippen LogP) is 10.9. The number of nitrogens with zero attached hydrogens (tertiary/aromatic N) is 4. The summed E-state index contributed by atoms with van der Waals surface area (Å²) in [7, 11) is 0. The van der Waals surface area contributed by atoms with Gasteiger partial charge in [0.05, 0.1) is 11.6 Å². The van der Waals surface area contributed by atoms with Gasteiger partial charge in [-0.3, -0.25) is 0 Å². The van der Waals surface area contributed by atoms with E-state index in [1.807, 2.05) is 84.9 Å². The highest BCUT2D eigenvalue weighted by Crippen LogP contribution is 2.38. The van der Waals surface area contributed by atoms with Gasteiger partial charge in [0.1, 0.15) is 0 Å². The fourth-order valence-electron chi connectivity index (χ4n) is 6.14. The van der Waals surface area contributed by atoms with Gasteiger partial charge in [0, 0.05) is 16.7 Å². The van der Waals surface area contributed by atoms with Gasteiger partial charge in [0.15, 0.2) is 17.5 Å². The monoisotopic (exact) mass is 612 g/mol. The Balaban J connectivity index is 1.17. The predicted molar refractivity (Wildman–Crippen MR) is 195 cm³/mol. The van der Waals surface area contributed by atoms with Gasteiger partial charge >= 0.3 is 0 Å².